The smallest absolute Gasteiger partial charge is 0.129 e. The Morgan fingerprint density at radius 3 is 1.58 bits per heavy atom. The first-order valence-corrected chi connectivity index (χ1v) is 10.5. The summed E-state index contributed by atoms with van der Waals surface area (Å²) in [6, 6.07) is 0. The third-order valence-electron chi connectivity index (χ3n) is 7.34. The fourth-order valence-corrected chi connectivity index (χ4v) is 5.80. The second-order valence-electron chi connectivity index (χ2n) is 8.88. The SMILES string of the molecule is CCOC1C(F)CC(C2CCC(C3CCC(C)CC3)CC2)CC1F. The van der Waals surface area contributed by atoms with E-state index in [1.807, 2.05) is 6.92 Å². The first kappa shape index (κ1) is 18.6. The van der Waals surface area contributed by atoms with Crippen molar-refractivity contribution in [3.05, 3.63) is 0 Å². The second kappa shape index (κ2) is 8.47. The highest BCUT2D eigenvalue weighted by Gasteiger charge is 2.42. The first-order chi connectivity index (χ1) is 11.6. The van der Waals surface area contributed by atoms with Gasteiger partial charge in [-0.2, -0.15) is 0 Å². The number of rotatable bonds is 4. The molecule has 0 aromatic rings. The third-order valence-corrected chi connectivity index (χ3v) is 7.34. The molecule has 0 heterocycles. The van der Waals surface area contributed by atoms with E-state index >= 15 is 0 Å². The Hall–Kier alpha value is -0.180. The molecule has 1 nitrogen and oxygen atoms in total. The highest BCUT2D eigenvalue weighted by Crippen LogP contribution is 2.46. The lowest BCUT2D eigenvalue weighted by molar-refractivity contribution is -0.0872. The molecule has 0 amide bonds. The summed E-state index contributed by atoms with van der Waals surface area (Å²) < 4.78 is 34.0. The van der Waals surface area contributed by atoms with Crippen molar-refractivity contribution in [2.75, 3.05) is 6.61 Å². The van der Waals surface area contributed by atoms with E-state index in [0.717, 1.165) is 17.8 Å². The molecule has 0 spiro atoms. The average Bonchev–Trinajstić information content (AvgIpc) is 2.59. The molecule has 0 saturated heterocycles. The van der Waals surface area contributed by atoms with Gasteiger partial charge in [0.2, 0.25) is 0 Å². The zero-order chi connectivity index (χ0) is 17.1. The summed E-state index contributed by atoms with van der Waals surface area (Å²) in [6.45, 7) is 4.60. The molecule has 24 heavy (non-hydrogen) atoms. The third kappa shape index (κ3) is 4.31. The van der Waals surface area contributed by atoms with Gasteiger partial charge in [0.25, 0.3) is 0 Å². The van der Waals surface area contributed by atoms with Gasteiger partial charge in [-0.1, -0.05) is 19.8 Å². The van der Waals surface area contributed by atoms with Crippen molar-refractivity contribution >= 4 is 0 Å². The van der Waals surface area contributed by atoms with E-state index in [9.17, 15) is 8.78 Å². The number of alkyl halides is 2. The molecule has 2 unspecified atom stereocenters. The summed E-state index contributed by atoms with van der Waals surface area (Å²) in [5.74, 6) is 3.51. The number of hydrogen-bond acceptors (Lipinski definition) is 1. The van der Waals surface area contributed by atoms with Crippen LogP contribution in [0.15, 0.2) is 0 Å². The standard InChI is InChI=1S/C21H36F2O/c1-3-24-21-19(22)12-18(13-20(21)23)17-10-8-16(9-11-17)15-6-4-14(2)5-7-15/h14-21H,3-13H2,1-2H3. The Kier molecular flexibility index (Phi) is 6.56. The molecule has 3 heteroatoms. The molecule has 0 N–H and O–H groups in total. The maximum absolute atomic E-state index is 14.3. The highest BCUT2D eigenvalue weighted by atomic mass is 19.1. The molecular weight excluding hydrogens is 306 g/mol. The Bertz CT molecular complexity index is 360. The van der Waals surface area contributed by atoms with Gasteiger partial charge in [-0.25, -0.2) is 8.78 Å². The fourth-order valence-electron chi connectivity index (χ4n) is 5.80. The molecule has 3 aliphatic rings. The highest BCUT2D eigenvalue weighted by molar-refractivity contribution is 4.92. The molecule has 3 aliphatic carbocycles. The van der Waals surface area contributed by atoms with Crippen molar-refractivity contribution in [2.45, 2.75) is 96.5 Å². The minimum absolute atomic E-state index is 0.235. The van der Waals surface area contributed by atoms with Crippen LogP contribution in [-0.4, -0.2) is 25.1 Å². The quantitative estimate of drug-likeness (QED) is 0.599. The minimum Gasteiger partial charge on any atom is -0.372 e. The molecule has 3 rings (SSSR count). The zero-order valence-electron chi connectivity index (χ0n) is 15.6. The largest absolute Gasteiger partial charge is 0.372 e. The van der Waals surface area contributed by atoms with Crippen LogP contribution in [0, 0.1) is 29.6 Å². The molecule has 0 bridgehead atoms. The summed E-state index contributed by atoms with van der Waals surface area (Å²) in [5.41, 5.74) is 0. The molecule has 0 radical (unpaired) electrons. The van der Waals surface area contributed by atoms with Crippen LogP contribution in [0.1, 0.15) is 78.1 Å². The van der Waals surface area contributed by atoms with E-state index in [1.165, 1.54) is 51.4 Å². The first-order valence-electron chi connectivity index (χ1n) is 10.5. The zero-order valence-corrected chi connectivity index (χ0v) is 15.6. The number of ether oxygens (including phenoxy) is 1. The van der Waals surface area contributed by atoms with Gasteiger partial charge in [-0.3, -0.25) is 0 Å². The van der Waals surface area contributed by atoms with Gasteiger partial charge in [-0.05, 0) is 87.9 Å². The van der Waals surface area contributed by atoms with Crippen LogP contribution in [0.5, 0.6) is 0 Å². The van der Waals surface area contributed by atoms with Gasteiger partial charge < -0.3 is 4.74 Å². The van der Waals surface area contributed by atoms with Gasteiger partial charge in [0.1, 0.15) is 18.4 Å². The van der Waals surface area contributed by atoms with Crippen molar-refractivity contribution in [3.63, 3.8) is 0 Å². The maximum atomic E-state index is 14.3. The van der Waals surface area contributed by atoms with Crippen molar-refractivity contribution in [3.8, 4) is 0 Å². The summed E-state index contributed by atoms with van der Waals surface area (Å²) >= 11 is 0. The lowest BCUT2D eigenvalue weighted by Gasteiger charge is -2.42. The summed E-state index contributed by atoms with van der Waals surface area (Å²) in [5, 5.41) is 0. The van der Waals surface area contributed by atoms with E-state index in [-0.39, 0.29) is 5.92 Å². The van der Waals surface area contributed by atoms with Gasteiger partial charge >= 0.3 is 0 Å². The van der Waals surface area contributed by atoms with Crippen LogP contribution in [0.3, 0.4) is 0 Å². The number of halogens is 2. The summed E-state index contributed by atoms with van der Waals surface area (Å²) in [7, 11) is 0. The summed E-state index contributed by atoms with van der Waals surface area (Å²) in [6.07, 6.45) is 8.59. The Balaban J connectivity index is 1.46. The number of hydrogen-bond donors (Lipinski definition) is 0. The van der Waals surface area contributed by atoms with Crippen molar-refractivity contribution < 1.29 is 13.5 Å². The molecule has 0 aliphatic heterocycles. The predicted octanol–water partition coefficient (Wildman–Crippen LogP) is 6.11. The molecular formula is C21H36F2O. The van der Waals surface area contributed by atoms with E-state index in [2.05, 4.69) is 6.92 Å². The van der Waals surface area contributed by atoms with Crippen LogP contribution in [0.4, 0.5) is 8.78 Å². The molecule has 0 aromatic carbocycles. The Morgan fingerprint density at radius 2 is 1.12 bits per heavy atom. The normalized spacial score (nSPS) is 47.5. The topological polar surface area (TPSA) is 9.23 Å². The maximum Gasteiger partial charge on any atom is 0.129 e. The van der Waals surface area contributed by atoms with Gasteiger partial charge in [0, 0.05) is 6.61 Å². The Labute approximate surface area is 146 Å². The molecule has 2 atom stereocenters. The van der Waals surface area contributed by atoms with Crippen molar-refractivity contribution in [2.24, 2.45) is 29.6 Å². The molecule has 3 saturated carbocycles. The second-order valence-corrected chi connectivity index (χ2v) is 8.88. The van der Waals surface area contributed by atoms with Gasteiger partial charge in [0.15, 0.2) is 0 Å². The van der Waals surface area contributed by atoms with E-state index in [4.69, 9.17) is 4.74 Å². The minimum atomic E-state index is -1.11. The molecule has 0 aromatic heterocycles. The van der Waals surface area contributed by atoms with Crippen LogP contribution in [0.2, 0.25) is 0 Å². The molecule has 140 valence electrons. The van der Waals surface area contributed by atoms with Crippen molar-refractivity contribution in [1.29, 1.82) is 0 Å². The van der Waals surface area contributed by atoms with Crippen molar-refractivity contribution in [1.82, 2.24) is 0 Å². The van der Waals surface area contributed by atoms with Gasteiger partial charge in [-0.15, -0.1) is 0 Å². The average molecular weight is 343 g/mol. The monoisotopic (exact) mass is 342 g/mol. The lowest BCUT2D eigenvalue weighted by atomic mass is 9.65. The Morgan fingerprint density at radius 1 is 0.708 bits per heavy atom. The van der Waals surface area contributed by atoms with E-state index < -0.39 is 18.4 Å². The van der Waals surface area contributed by atoms with Gasteiger partial charge in [0.05, 0.1) is 0 Å². The molecule has 3 fully saturated rings. The van der Waals surface area contributed by atoms with E-state index in [0.29, 0.717) is 25.4 Å². The van der Waals surface area contributed by atoms with E-state index in [1.54, 1.807) is 0 Å². The van der Waals surface area contributed by atoms with Crippen LogP contribution >= 0.6 is 0 Å². The summed E-state index contributed by atoms with van der Waals surface area (Å²) in [4.78, 5) is 0. The fraction of sp³-hybridized carbons (Fsp3) is 1.00. The lowest BCUT2D eigenvalue weighted by Crippen LogP contribution is -2.44. The predicted molar refractivity (Wildman–Crippen MR) is 94.5 cm³/mol. The van der Waals surface area contributed by atoms with Crippen LogP contribution in [-0.2, 0) is 4.74 Å². The van der Waals surface area contributed by atoms with Crippen LogP contribution in [0.25, 0.3) is 0 Å². The van der Waals surface area contributed by atoms with Crippen LogP contribution < -0.4 is 0 Å².